The summed E-state index contributed by atoms with van der Waals surface area (Å²) in [6.45, 7) is 0. The summed E-state index contributed by atoms with van der Waals surface area (Å²) in [6.07, 6.45) is 5.22. The van der Waals surface area contributed by atoms with Gasteiger partial charge >= 0.3 is 0 Å². The van der Waals surface area contributed by atoms with Gasteiger partial charge in [-0.15, -0.1) is 0 Å². The van der Waals surface area contributed by atoms with E-state index in [2.05, 4.69) is 5.16 Å². The third-order valence-corrected chi connectivity index (χ3v) is 5.65. The number of benzene rings is 1. The lowest BCUT2D eigenvalue weighted by molar-refractivity contribution is 0.381. The molecule has 2 aromatic rings. The Hall–Kier alpha value is -1.19. The lowest BCUT2D eigenvalue weighted by Crippen LogP contribution is -1.91. The second kappa shape index (κ2) is 4.92. The largest absolute Gasteiger partial charge is 0.380 e. The minimum absolute atomic E-state index is 0.437. The summed E-state index contributed by atoms with van der Waals surface area (Å²) in [5, 5.41) is 5.05. The molecule has 1 aromatic carbocycles. The predicted molar refractivity (Wildman–Crippen MR) is 84.6 cm³/mol. The van der Waals surface area contributed by atoms with Gasteiger partial charge in [-0.3, -0.25) is 0 Å². The van der Waals surface area contributed by atoms with E-state index >= 15 is 0 Å². The first-order chi connectivity index (χ1) is 10.2. The van der Waals surface area contributed by atoms with Crippen molar-refractivity contribution in [3.63, 3.8) is 0 Å². The van der Waals surface area contributed by atoms with Crippen LogP contribution in [0.2, 0.25) is 10.0 Å². The fraction of sp³-hybridized carbons (Fsp3) is 0.438. The van der Waals surface area contributed by atoms with Crippen LogP contribution in [0.5, 0.6) is 0 Å². The van der Waals surface area contributed by atoms with Crippen molar-refractivity contribution < 1.29 is 4.52 Å². The number of nitrogens with zero attached hydrogens (tertiary/aromatic N) is 1. The van der Waals surface area contributed by atoms with Crippen molar-refractivity contribution in [3.05, 3.63) is 34.0 Å². The molecule has 3 nitrogen and oxygen atoms in total. The number of nitrogens with two attached hydrogens (primary N) is 1. The Labute approximate surface area is 133 Å². The number of hydrogen-bond acceptors (Lipinski definition) is 3. The second-order valence-corrected chi connectivity index (χ2v) is 6.89. The molecule has 2 aliphatic rings. The number of fused-ring (bicyclic) bond motifs is 1. The molecular weight excluding hydrogens is 307 g/mol. The average Bonchev–Trinajstić information content (AvgIpc) is 3.09. The van der Waals surface area contributed by atoms with Crippen molar-refractivity contribution in [2.75, 3.05) is 5.73 Å². The zero-order chi connectivity index (χ0) is 14.6. The maximum atomic E-state index is 6.13. The summed E-state index contributed by atoms with van der Waals surface area (Å²) in [5.74, 6) is 3.33. The highest BCUT2D eigenvalue weighted by atomic mass is 35.5. The Balaban J connectivity index is 1.75. The smallest absolute Gasteiger partial charge is 0.175 e. The standard InChI is InChI=1S/C16H16Cl2N2O/c17-11-6-5-8(7-12(11)18)13-15(21-20-16(13)19)14-9-3-1-2-4-10(9)14/h5-7,9-10,14H,1-4H2,(H2,19,20). The number of rotatable bonds is 2. The van der Waals surface area contributed by atoms with Crippen LogP contribution in [0.3, 0.4) is 0 Å². The first kappa shape index (κ1) is 13.5. The van der Waals surface area contributed by atoms with Gasteiger partial charge < -0.3 is 10.3 Å². The molecule has 0 aliphatic heterocycles. The Morgan fingerprint density at radius 2 is 1.81 bits per heavy atom. The van der Waals surface area contributed by atoms with Gasteiger partial charge in [-0.25, -0.2) is 0 Å². The number of aromatic nitrogens is 1. The number of halogens is 2. The van der Waals surface area contributed by atoms with Gasteiger partial charge in [0, 0.05) is 5.92 Å². The Kier molecular flexibility index (Phi) is 3.16. The molecule has 2 aliphatic carbocycles. The van der Waals surface area contributed by atoms with Crippen LogP contribution in [-0.4, -0.2) is 5.16 Å². The fourth-order valence-corrected chi connectivity index (χ4v) is 4.16. The highest BCUT2D eigenvalue weighted by molar-refractivity contribution is 6.42. The van der Waals surface area contributed by atoms with Crippen molar-refractivity contribution in [1.82, 2.24) is 5.16 Å². The molecule has 0 bridgehead atoms. The highest BCUT2D eigenvalue weighted by Crippen LogP contribution is 2.63. The van der Waals surface area contributed by atoms with Crippen LogP contribution in [0.1, 0.15) is 37.4 Å². The van der Waals surface area contributed by atoms with Crippen molar-refractivity contribution in [2.24, 2.45) is 11.8 Å². The normalized spacial score (nSPS) is 27.4. The molecule has 21 heavy (non-hydrogen) atoms. The number of hydrogen-bond donors (Lipinski definition) is 1. The van der Waals surface area contributed by atoms with Crippen LogP contribution in [-0.2, 0) is 0 Å². The van der Waals surface area contributed by atoms with Gasteiger partial charge in [-0.1, -0.05) is 47.3 Å². The lowest BCUT2D eigenvalue weighted by Gasteiger charge is -2.04. The third kappa shape index (κ3) is 2.14. The molecule has 1 heterocycles. The van der Waals surface area contributed by atoms with E-state index in [4.69, 9.17) is 33.5 Å². The summed E-state index contributed by atoms with van der Waals surface area (Å²) >= 11 is 12.1. The fourth-order valence-electron chi connectivity index (χ4n) is 3.87. The minimum Gasteiger partial charge on any atom is -0.380 e. The van der Waals surface area contributed by atoms with E-state index in [-0.39, 0.29) is 0 Å². The molecule has 2 unspecified atom stereocenters. The van der Waals surface area contributed by atoms with E-state index in [0.717, 1.165) is 28.7 Å². The lowest BCUT2D eigenvalue weighted by atomic mass is 10.0. The molecule has 4 rings (SSSR count). The van der Waals surface area contributed by atoms with Crippen LogP contribution in [0.4, 0.5) is 5.82 Å². The van der Waals surface area contributed by atoms with E-state index in [1.54, 1.807) is 6.07 Å². The summed E-state index contributed by atoms with van der Waals surface area (Å²) in [5.41, 5.74) is 7.86. The van der Waals surface area contributed by atoms with Gasteiger partial charge in [-0.05, 0) is 42.4 Å². The predicted octanol–water partition coefficient (Wildman–Crippen LogP) is 5.13. The van der Waals surface area contributed by atoms with Crippen LogP contribution >= 0.6 is 23.2 Å². The van der Waals surface area contributed by atoms with E-state index < -0.39 is 0 Å². The van der Waals surface area contributed by atoms with Crippen molar-refractivity contribution in [1.29, 1.82) is 0 Å². The van der Waals surface area contributed by atoms with Gasteiger partial charge in [0.05, 0.1) is 15.6 Å². The van der Waals surface area contributed by atoms with Crippen molar-refractivity contribution in [2.45, 2.75) is 31.6 Å². The quantitative estimate of drug-likeness (QED) is 0.833. The first-order valence-electron chi connectivity index (χ1n) is 7.37. The molecule has 0 saturated heterocycles. The van der Waals surface area contributed by atoms with Crippen molar-refractivity contribution >= 4 is 29.0 Å². The van der Waals surface area contributed by atoms with E-state index in [9.17, 15) is 0 Å². The molecule has 2 fully saturated rings. The maximum absolute atomic E-state index is 6.13. The SMILES string of the molecule is Nc1noc(C2C3CCCCC32)c1-c1ccc(Cl)c(Cl)c1. The summed E-state index contributed by atoms with van der Waals surface area (Å²) in [6, 6.07) is 5.55. The zero-order valence-electron chi connectivity index (χ0n) is 11.5. The first-order valence-corrected chi connectivity index (χ1v) is 8.13. The van der Waals surface area contributed by atoms with Gasteiger partial charge in [0.1, 0.15) is 5.76 Å². The van der Waals surface area contributed by atoms with Crippen LogP contribution in [0.15, 0.2) is 22.7 Å². The Bertz CT molecular complexity index is 686. The van der Waals surface area contributed by atoms with Gasteiger partial charge in [0.2, 0.25) is 0 Å². The highest BCUT2D eigenvalue weighted by Gasteiger charge is 2.54. The molecule has 2 N–H and O–H groups in total. The number of nitrogen functional groups attached to an aromatic ring is 1. The molecule has 1 aromatic heterocycles. The van der Waals surface area contributed by atoms with Gasteiger partial charge in [-0.2, -0.15) is 0 Å². The van der Waals surface area contributed by atoms with Crippen molar-refractivity contribution in [3.8, 4) is 11.1 Å². The average molecular weight is 323 g/mol. The minimum atomic E-state index is 0.437. The Morgan fingerprint density at radius 3 is 2.48 bits per heavy atom. The summed E-state index contributed by atoms with van der Waals surface area (Å²) in [4.78, 5) is 0. The molecule has 5 heteroatoms. The molecule has 2 saturated carbocycles. The Morgan fingerprint density at radius 1 is 1.10 bits per heavy atom. The van der Waals surface area contributed by atoms with E-state index in [1.165, 1.54) is 25.7 Å². The molecule has 0 amide bonds. The van der Waals surface area contributed by atoms with Crippen LogP contribution in [0, 0.1) is 11.8 Å². The molecule has 0 spiro atoms. The van der Waals surface area contributed by atoms with Gasteiger partial charge in [0.25, 0.3) is 0 Å². The number of anilines is 1. The summed E-state index contributed by atoms with van der Waals surface area (Å²) < 4.78 is 5.58. The topological polar surface area (TPSA) is 52.0 Å². The third-order valence-electron chi connectivity index (χ3n) is 4.91. The zero-order valence-corrected chi connectivity index (χ0v) is 13.0. The monoisotopic (exact) mass is 322 g/mol. The molecule has 0 radical (unpaired) electrons. The molecule has 110 valence electrons. The van der Waals surface area contributed by atoms with Gasteiger partial charge in [0.15, 0.2) is 5.82 Å². The van der Waals surface area contributed by atoms with E-state index in [1.807, 2.05) is 12.1 Å². The summed E-state index contributed by atoms with van der Waals surface area (Å²) in [7, 11) is 0. The molecular formula is C16H16Cl2N2O. The van der Waals surface area contributed by atoms with E-state index in [0.29, 0.717) is 21.8 Å². The van der Waals surface area contributed by atoms with Crippen LogP contribution < -0.4 is 5.73 Å². The maximum Gasteiger partial charge on any atom is 0.175 e. The molecule has 2 atom stereocenters. The van der Waals surface area contributed by atoms with Crippen LogP contribution in [0.25, 0.3) is 11.1 Å². The second-order valence-electron chi connectivity index (χ2n) is 6.07.